The van der Waals surface area contributed by atoms with Gasteiger partial charge in [0.05, 0.1) is 5.69 Å². The van der Waals surface area contributed by atoms with Crippen molar-refractivity contribution in [2.24, 2.45) is 11.1 Å². The van der Waals surface area contributed by atoms with Crippen LogP contribution in [0.15, 0.2) is 18.3 Å². The molecule has 0 spiro atoms. The molecule has 0 aromatic carbocycles. The number of aromatic nitrogens is 1. The van der Waals surface area contributed by atoms with Crippen LogP contribution in [0.25, 0.3) is 0 Å². The lowest BCUT2D eigenvalue weighted by atomic mass is 9.82. The van der Waals surface area contributed by atoms with E-state index in [9.17, 15) is 0 Å². The van der Waals surface area contributed by atoms with Crippen LogP contribution < -0.4 is 10.6 Å². The molecular weight excluding hydrogens is 230 g/mol. The van der Waals surface area contributed by atoms with Gasteiger partial charge in [-0.05, 0) is 30.4 Å². The van der Waals surface area contributed by atoms with E-state index < -0.39 is 0 Å². The quantitative estimate of drug-likeness (QED) is 0.817. The van der Waals surface area contributed by atoms with Crippen molar-refractivity contribution in [3.05, 3.63) is 24.0 Å². The van der Waals surface area contributed by atoms with Gasteiger partial charge in [0.2, 0.25) is 0 Å². The summed E-state index contributed by atoms with van der Waals surface area (Å²) in [5.41, 5.74) is 7.96. The highest BCUT2D eigenvalue weighted by atomic mass is 32.1. The Morgan fingerprint density at radius 2 is 2.06 bits per heavy atom. The molecule has 0 amide bonds. The highest BCUT2D eigenvalue weighted by molar-refractivity contribution is 7.80. The van der Waals surface area contributed by atoms with Crippen LogP contribution in [0.1, 0.15) is 32.4 Å². The van der Waals surface area contributed by atoms with Gasteiger partial charge in [-0.1, -0.05) is 26.1 Å². The van der Waals surface area contributed by atoms with Crippen molar-refractivity contribution in [3.8, 4) is 0 Å². The largest absolute Gasteiger partial charge is 0.388 e. The summed E-state index contributed by atoms with van der Waals surface area (Å²) in [6.07, 6.45) is 4.22. The van der Waals surface area contributed by atoms with Crippen molar-refractivity contribution >= 4 is 22.9 Å². The number of rotatable bonds is 2. The summed E-state index contributed by atoms with van der Waals surface area (Å²) in [7, 11) is 0. The molecule has 0 unspecified atom stereocenters. The lowest BCUT2D eigenvalue weighted by molar-refractivity contribution is 0.280. The smallest absolute Gasteiger partial charge is 0.122 e. The number of thiocarbonyl (C=S) groups is 1. The maximum Gasteiger partial charge on any atom is 0.122 e. The third-order valence-corrected chi connectivity index (χ3v) is 3.69. The second kappa shape index (κ2) is 4.61. The average Bonchev–Trinajstić information content (AvgIpc) is 2.29. The minimum Gasteiger partial charge on any atom is -0.388 e. The summed E-state index contributed by atoms with van der Waals surface area (Å²) in [5.74, 6) is 0. The Morgan fingerprint density at radius 3 is 2.65 bits per heavy atom. The second-order valence-corrected chi connectivity index (χ2v) is 5.85. The first-order valence-electron chi connectivity index (χ1n) is 5.99. The molecule has 1 aromatic rings. The molecule has 4 heteroatoms. The van der Waals surface area contributed by atoms with E-state index in [4.69, 9.17) is 18.0 Å². The summed E-state index contributed by atoms with van der Waals surface area (Å²) in [6, 6.07) is 4.01. The van der Waals surface area contributed by atoms with Crippen LogP contribution in [0, 0.1) is 5.41 Å². The molecule has 2 rings (SSSR count). The van der Waals surface area contributed by atoms with E-state index in [0.29, 0.717) is 16.1 Å². The number of nitrogens with zero attached hydrogens (tertiary/aromatic N) is 2. The van der Waals surface area contributed by atoms with Crippen molar-refractivity contribution in [2.45, 2.75) is 26.7 Å². The number of pyridine rings is 1. The van der Waals surface area contributed by atoms with Gasteiger partial charge in [0.15, 0.2) is 0 Å². The first kappa shape index (κ1) is 12.3. The van der Waals surface area contributed by atoms with Crippen LogP contribution in [-0.2, 0) is 0 Å². The van der Waals surface area contributed by atoms with Crippen molar-refractivity contribution in [1.29, 1.82) is 0 Å². The van der Waals surface area contributed by atoms with Crippen molar-refractivity contribution in [3.63, 3.8) is 0 Å². The van der Waals surface area contributed by atoms with Crippen molar-refractivity contribution in [2.75, 3.05) is 18.0 Å². The number of piperidine rings is 1. The van der Waals surface area contributed by atoms with Gasteiger partial charge in [0, 0.05) is 25.0 Å². The molecule has 0 aliphatic carbocycles. The average molecular weight is 249 g/mol. The lowest BCUT2D eigenvalue weighted by Crippen LogP contribution is -2.37. The van der Waals surface area contributed by atoms with Crippen LogP contribution >= 0.6 is 12.2 Å². The number of hydrogen-bond donors (Lipinski definition) is 1. The maximum absolute atomic E-state index is 5.61. The van der Waals surface area contributed by atoms with E-state index in [0.717, 1.165) is 13.1 Å². The zero-order valence-electron chi connectivity index (χ0n) is 10.4. The zero-order chi connectivity index (χ0) is 12.5. The SMILES string of the molecule is CC1(C)CCN(c2ccnc(C(N)=S)c2)CC1. The van der Waals surface area contributed by atoms with E-state index >= 15 is 0 Å². The van der Waals surface area contributed by atoms with Crippen molar-refractivity contribution in [1.82, 2.24) is 4.98 Å². The molecular formula is C13H19N3S. The standard InChI is InChI=1S/C13H19N3S/c1-13(2)4-7-16(8-5-13)10-3-6-15-11(9-10)12(14)17/h3,6,9H,4-5,7-8H2,1-2H3,(H2,14,17). The Kier molecular flexibility index (Phi) is 3.33. The third-order valence-electron chi connectivity index (χ3n) is 3.48. The van der Waals surface area contributed by atoms with Gasteiger partial charge >= 0.3 is 0 Å². The molecule has 0 atom stereocenters. The van der Waals surface area contributed by atoms with Gasteiger partial charge in [0.25, 0.3) is 0 Å². The Morgan fingerprint density at radius 1 is 1.41 bits per heavy atom. The fraction of sp³-hybridized carbons (Fsp3) is 0.538. The molecule has 3 nitrogen and oxygen atoms in total. The molecule has 1 fully saturated rings. The maximum atomic E-state index is 5.61. The van der Waals surface area contributed by atoms with E-state index in [1.165, 1.54) is 18.5 Å². The molecule has 1 aliphatic rings. The Bertz CT molecular complexity index is 418. The van der Waals surface area contributed by atoms with Crippen LogP contribution in [0.4, 0.5) is 5.69 Å². The summed E-state index contributed by atoms with van der Waals surface area (Å²) < 4.78 is 0. The third kappa shape index (κ3) is 2.94. The van der Waals surface area contributed by atoms with Gasteiger partial charge < -0.3 is 10.6 Å². The zero-order valence-corrected chi connectivity index (χ0v) is 11.3. The fourth-order valence-corrected chi connectivity index (χ4v) is 2.23. The number of anilines is 1. The van der Waals surface area contributed by atoms with Crippen molar-refractivity contribution < 1.29 is 0 Å². The highest BCUT2D eigenvalue weighted by Crippen LogP contribution is 2.32. The Labute approximate surface area is 108 Å². The van der Waals surface area contributed by atoms with Gasteiger partial charge in [-0.2, -0.15) is 0 Å². The molecule has 2 N–H and O–H groups in total. The minimum atomic E-state index is 0.365. The minimum absolute atomic E-state index is 0.365. The molecule has 0 bridgehead atoms. The highest BCUT2D eigenvalue weighted by Gasteiger charge is 2.25. The first-order valence-corrected chi connectivity index (χ1v) is 6.40. The molecule has 92 valence electrons. The fourth-order valence-electron chi connectivity index (χ4n) is 2.12. The predicted molar refractivity (Wildman–Crippen MR) is 75.4 cm³/mol. The molecule has 17 heavy (non-hydrogen) atoms. The summed E-state index contributed by atoms with van der Waals surface area (Å²) in [5, 5.41) is 0. The van der Waals surface area contributed by atoms with E-state index in [1.807, 2.05) is 12.1 Å². The lowest BCUT2D eigenvalue weighted by Gasteiger charge is -2.38. The monoisotopic (exact) mass is 249 g/mol. The van der Waals surface area contributed by atoms with Crippen LogP contribution in [-0.4, -0.2) is 23.1 Å². The number of hydrogen-bond acceptors (Lipinski definition) is 3. The van der Waals surface area contributed by atoms with Gasteiger partial charge in [-0.25, -0.2) is 0 Å². The summed E-state index contributed by atoms with van der Waals surface area (Å²) in [6.45, 7) is 6.84. The topological polar surface area (TPSA) is 42.2 Å². The van der Waals surface area contributed by atoms with Gasteiger partial charge in [-0.3, -0.25) is 4.98 Å². The van der Waals surface area contributed by atoms with Crippen LogP contribution in [0.3, 0.4) is 0 Å². The van der Waals surface area contributed by atoms with Crippen LogP contribution in [0.2, 0.25) is 0 Å². The summed E-state index contributed by atoms with van der Waals surface area (Å²) >= 11 is 4.96. The Balaban J connectivity index is 2.13. The van der Waals surface area contributed by atoms with Crippen LogP contribution in [0.5, 0.6) is 0 Å². The summed E-state index contributed by atoms with van der Waals surface area (Å²) in [4.78, 5) is 6.92. The molecule has 1 aromatic heterocycles. The number of nitrogens with two attached hydrogens (primary N) is 1. The Hall–Kier alpha value is -1.16. The van der Waals surface area contributed by atoms with Gasteiger partial charge in [0.1, 0.15) is 4.99 Å². The molecule has 0 saturated carbocycles. The molecule has 1 aliphatic heterocycles. The molecule has 1 saturated heterocycles. The van der Waals surface area contributed by atoms with Gasteiger partial charge in [-0.15, -0.1) is 0 Å². The first-order chi connectivity index (χ1) is 7.98. The van der Waals surface area contributed by atoms with E-state index in [1.54, 1.807) is 6.20 Å². The molecule has 2 heterocycles. The van der Waals surface area contributed by atoms with E-state index in [2.05, 4.69) is 23.7 Å². The normalized spacial score (nSPS) is 19.1. The molecule has 0 radical (unpaired) electrons. The second-order valence-electron chi connectivity index (χ2n) is 5.41. The predicted octanol–water partition coefficient (Wildman–Crippen LogP) is 2.34. The van der Waals surface area contributed by atoms with E-state index in [-0.39, 0.29) is 0 Å².